The number of benzene rings is 2. The molecule has 1 N–H and O–H groups in total. The van der Waals surface area contributed by atoms with Gasteiger partial charge in [-0.25, -0.2) is 0 Å². The smallest absolute Gasteiger partial charge is 0.147 e. The van der Waals surface area contributed by atoms with Crippen molar-refractivity contribution in [2.75, 3.05) is 12.4 Å². The monoisotopic (exact) mass is 397 g/mol. The second-order valence-electron chi connectivity index (χ2n) is 4.82. The number of ether oxygens (including phenoxy) is 1. The minimum absolute atomic E-state index is 0.768. The number of hydrogen-bond donors (Lipinski definition) is 1. The Morgan fingerprint density at radius 3 is 2.00 bits per heavy atom. The lowest BCUT2D eigenvalue weighted by Gasteiger charge is -2.12. The first-order valence-electron chi connectivity index (χ1n) is 6.33. The zero-order chi connectivity index (χ0) is 14.7. The van der Waals surface area contributed by atoms with Gasteiger partial charge in [0.1, 0.15) is 5.75 Å². The molecule has 2 rings (SSSR count). The summed E-state index contributed by atoms with van der Waals surface area (Å²) < 4.78 is 7.21. The maximum Gasteiger partial charge on any atom is 0.147 e. The molecule has 0 saturated heterocycles. The highest BCUT2D eigenvalue weighted by atomic mass is 79.9. The van der Waals surface area contributed by atoms with Gasteiger partial charge in [-0.15, -0.1) is 0 Å². The molecule has 0 aliphatic carbocycles. The summed E-state index contributed by atoms with van der Waals surface area (Å²) in [6, 6.07) is 10.6. The zero-order valence-electron chi connectivity index (χ0n) is 11.8. The minimum Gasteiger partial charge on any atom is -0.494 e. The Labute approximate surface area is 136 Å². The van der Waals surface area contributed by atoms with E-state index in [0.717, 1.165) is 26.9 Å². The Kier molecular flexibility index (Phi) is 5.11. The van der Waals surface area contributed by atoms with Gasteiger partial charge >= 0.3 is 0 Å². The maximum atomic E-state index is 5.31. The molecule has 0 aromatic heterocycles. The van der Waals surface area contributed by atoms with Crippen molar-refractivity contribution in [2.45, 2.75) is 20.4 Å². The Balaban J connectivity index is 2.15. The number of nitrogens with one attached hydrogen (secondary N) is 1. The van der Waals surface area contributed by atoms with Gasteiger partial charge in [0.2, 0.25) is 0 Å². The van der Waals surface area contributed by atoms with Gasteiger partial charge < -0.3 is 10.1 Å². The lowest BCUT2D eigenvalue weighted by Crippen LogP contribution is -2.01. The average molecular weight is 399 g/mol. The highest BCUT2D eigenvalue weighted by Gasteiger charge is 2.07. The summed E-state index contributed by atoms with van der Waals surface area (Å²) in [6.45, 7) is 4.99. The van der Waals surface area contributed by atoms with Crippen LogP contribution < -0.4 is 10.1 Å². The van der Waals surface area contributed by atoms with Crippen molar-refractivity contribution in [3.63, 3.8) is 0 Å². The summed E-state index contributed by atoms with van der Waals surface area (Å²) in [5, 5.41) is 3.45. The number of anilines is 1. The molecule has 0 unspecified atom stereocenters. The third-order valence-electron chi connectivity index (χ3n) is 2.98. The molecule has 0 fully saturated rings. The van der Waals surface area contributed by atoms with Gasteiger partial charge in [-0.05, 0) is 86.7 Å². The largest absolute Gasteiger partial charge is 0.494 e. The van der Waals surface area contributed by atoms with Crippen molar-refractivity contribution in [3.8, 4) is 5.75 Å². The topological polar surface area (TPSA) is 21.3 Å². The van der Waals surface area contributed by atoms with Crippen LogP contribution >= 0.6 is 31.9 Å². The first-order chi connectivity index (χ1) is 9.49. The molecular weight excluding hydrogens is 382 g/mol. The highest BCUT2D eigenvalue weighted by Crippen LogP contribution is 2.34. The molecule has 4 heteroatoms. The standard InChI is InChI=1S/C16H17Br2NO/c1-10-4-11(2)6-13(5-10)19-9-12-7-14(17)16(20-3)15(18)8-12/h4-8,19H,9H2,1-3H3. The third kappa shape index (κ3) is 3.76. The average Bonchev–Trinajstić information content (AvgIpc) is 2.35. The first-order valence-corrected chi connectivity index (χ1v) is 7.92. The fraction of sp³-hybridized carbons (Fsp3) is 0.250. The van der Waals surface area contributed by atoms with Crippen molar-refractivity contribution in [3.05, 3.63) is 56.0 Å². The number of hydrogen-bond acceptors (Lipinski definition) is 2. The summed E-state index contributed by atoms with van der Waals surface area (Å²) >= 11 is 7.05. The SMILES string of the molecule is COc1c(Br)cc(CNc2cc(C)cc(C)c2)cc1Br. The van der Waals surface area contributed by atoms with E-state index in [-0.39, 0.29) is 0 Å². The first kappa shape index (κ1) is 15.4. The molecule has 2 nitrogen and oxygen atoms in total. The molecule has 0 heterocycles. The van der Waals surface area contributed by atoms with Crippen molar-refractivity contribution in [2.24, 2.45) is 0 Å². The minimum atomic E-state index is 0.768. The Morgan fingerprint density at radius 2 is 1.50 bits per heavy atom. The molecule has 2 aromatic carbocycles. The molecule has 106 valence electrons. The van der Waals surface area contributed by atoms with E-state index in [1.165, 1.54) is 16.7 Å². The van der Waals surface area contributed by atoms with E-state index in [0.29, 0.717) is 0 Å². The van der Waals surface area contributed by atoms with E-state index in [1.807, 2.05) is 0 Å². The molecule has 0 aliphatic rings. The summed E-state index contributed by atoms with van der Waals surface area (Å²) in [5.41, 5.74) is 4.86. The van der Waals surface area contributed by atoms with Crippen LogP contribution in [-0.2, 0) is 6.54 Å². The number of aryl methyl sites for hydroxylation is 2. The van der Waals surface area contributed by atoms with Crippen molar-refractivity contribution in [1.82, 2.24) is 0 Å². The van der Waals surface area contributed by atoms with Gasteiger partial charge in [-0.2, -0.15) is 0 Å². The van der Waals surface area contributed by atoms with Gasteiger partial charge in [0.25, 0.3) is 0 Å². The molecule has 0 spiro atoms. The van der Waals surface area contributed by atoms with Crippen LogP contribution in [0.1, 0.15) is 16.7 Å². The van der Waals surface area contributed by atoms with Gasteiger partial charge in [0.05, 0.1) is 16.1 Å². The third-order valence-corrected chi connectivity index (χ3v) is 4.16. The number of rotatable bonds is 4. The fourth-order valence-electron chi connectivity index (χ4n) is 2.19. The Bertz CT molecular complexity index is 583. The van der Waals surface area contributed by atoms with Crippen LogP contribution in [0.3, 0.4) is 0 Å². The van der Waals surface area contributed by atoms with E-state index < -0.39 is 0 Å². The molecule has 2 aromatic rings. The van der Waals surface area contributed by atoms with Crippen LogP contribution in [0.5, 0.6) is 5.75 Å². The molecule has 0 aliphatic heterocycles. The van der Waals surface area contributed by atoms with Crippen LogP contribution in [-0.4, -0.2) is 7.11 Å². The molecule has 0 radical (unpaired) electrons. The van der Waals surface area contributed by atoms with Crippen molar-refractivity contribution >= 4 is 37.5 Å². The quantitative estimate of drug-likeness (QED) is 0.739. The number of methoxy groups -OCH3 is 1. The second-order valence-corrected chi connectivity index (χ2v) is 6.53. The highest BCUT2D eigenvalue weighted by molar-refractivity contribution is 9.11. The van der Waals surface area contributed by atoms with Gasteiger partial charge in [0, 0.05) is 12.2 Å². The van der Waals surface area contributed by atoms with Crippen LogP contribution in [0.25, 0.3) is 0 Å². The zero-order valence-corrected chi connectivity index (χ0v) is 14.9. The van der Waals surface area contributed by atoms with Gasteiger partial charge in [-0.3, -0.25) is 0 Å². The van der Waals surface area contributed by atoms with Crippen molar-refractivity contribution < 1.29 is 4.74 Å². The molecule has 20 heavy (non-hydrogen) atoms. The van der Waals surface area contributed by atoms with E-state index in [2.05, 4.69) is 81.4 Å². The summed E-state index contributed by atoms with van der Waals surface area (Å²) in [5.74, 6) is 0.820. The predicted molar refractivity (Wildman–Crippen MR) is 91.6 cm³/mol. The predicted octanol–water partition coefficient (Wildman–Crippen LogP) is 5.45. The lowest BCUT2D eigenvalue weighted by atomic mass is 10.1. The van der Waals surface area contributed by atoms with E-state index in [9.17, 15) is 0 Å². The summed E-state index contributed by atoms with van der Waals surface area (Å²) in [4.78, 5) is 0. The fourth-order valence-corrected chi connectivity index (χ4v) is 3.80. The van der Waals surface area contributed by atoms with E-state index in [4.69, 9.17) is 4.74 Å². The van der Waals surface area contributed by atoms with E-state index >= 15 is 0 Å². The van der Waals surface area contributed by atoms with Crippen LogP contribution in [0.2, 0.25) is 0 Å². The Morgan fingerprint density at radius 1 is 0.950 bits per heavy atom. The van der Waals surface area contributed by atoms with Crippen molar-refractivity contribution in [1.29, 1.82) is 0 Å². The summed E-state index contributed by atoms with van der Waals surface area (Å²) in [6.07, 6.45) is 0. The number of halogens is 2. The van der Waals surface area contributed by atoms with Crippen LogP contribution in [0, 0.1) is 13.8 Å². The Hall–Kier alpha value is -1.00. The molecule has 0 saturated carbocycles. The van der Waals surface area contributed by atoms with E-state index in [1.54, 1.807) is 7.11 Å². The van der Waals surface area contributed by atoms with Gasteiger partial charge in [0.15, 0.2) is 0 Å². The second kappa shape index (κ2) is 6.64. The summed E-state index contributed by atoms with van der Waals surface area (Å²) in [7, 11) is 1.66. The molecule has 0 atom stereocenters. The van der Waals surface area contributed by atoms with Gasteiger partial charge in [-0.1, -0.05) is 6.07 Å². The lowest BCUT2D eigenvalue weighted by molar-refractivity contribution is 0.409. The van der Waals surface area contributed by atoms with Crippen LogP contribution in [0.15, 0.2) is 39.3 Å². The maximum absolute atomic E-state index is 5.31. The normalized spacial score (nSPS) is 10.4. The molecular formula is C16H17Br2NO. The molecule has 0 amide bonds. The molecule has 0 bridgehead atoms. The van der Waals surface area contributed by atoms with Crippen LogP contribution in [0.4, 0.5) is 5.69 Å².